The van der Waals surface area contributed by atoms with Gasteiger partial charge in [0.1, 0.15) is 0 Å². The first kappa shape index (κ1) is 11.8. The molecule has 0 aromatic heterocycles. The molecular formula is C5H13IN2O. The van der Waals surface area contributed by atoms with Crippen LogP contribution in [-0.2, 0) is 0 Å². The van der Waals surface area contributed by atoms with Crippen molar-refractivity contribution in [3.05, 3.63) is 0 Å². The predicted molar refractivity (Wildman–Crippen MR) is 47.9 cm³/mol. The third-order valence-corrected chi connectivity index (χ3v) is 1.08. The van der Waals surface area contributed by atoms with Crippen LogP contribution in [-0.4, -0.2) is 24.0 Å². The van der Waals surface area contributed by atoms with Crippen LogP contribution in [0.25, 0.3) is 0 Å². The lowest BCUT2D eigenvalue weighted by Gasteiger charge is -2.13. The molecular weight excluding hydrogens is 231 g/mol. The number of carbonyl (C=O) groups is 1. The molecule has 0 saturated carbocycles. The van der Waals surface area contributed by atoms with Gasteiger partial charge in [-0.25, -0.2) is 4.79 Å². The number of hydrogen-bond acceptors (Lipinski definition) is 1. The molecule has 0 bridgehead atoms. The largest absolute Gasteiger partial charge is 0.351 e. The lowest BCUT2D eigenvalue weighted by atomic mass is 10.5. The minimum atomic E-state index is -0.338. The van der Waals surface area contributed by atoms with E-state index in [9.17, 15) is 4.79 Å². The van der Waals surface area contributed by atoms with Crippen LogP contribution in [0.4, 0.5) is 4.79 Å². The molecule has 0 unspecified atom stereocenters. The third-order valence-electron chi connectivity index (χ3n) is 1.08. The van der Waals surface area contributed by atoms with E-state index in [1.54, 1.807) is 4.90 Å². The summed E-state index contributed by atoms with van der Waals surface area (Å²) >= 11 is 0. The van der Waals surface area contributed by atoms with Crippen LogP contribution < -0.4 is 5.73 Å². The predicted octanol–water partition coefficient (Wildman–Crippen LogP) is 1.02. The van der Waals surface area contributed by atoms with Gasteiger partial charge in [0.2, 0.25) is 0 Å². The molecule has 9 heavy (non-hydrogen) atoms. The van der Waals surface area contributed by atoms with Gasteiger partial charge in [0, 0.05) is 13.1 Å². The Labute approximate surface area is 72.6 Å². The first-order valence-corrected chi connectivity index (χ1v) is 2.76. The normalized spacial score (nSPS) is 7.78. The Morgan fingerprint density at radius 3 is 1.78 bits per heavy atom. The van der Waals surface area contributed by atoms with Crippen molar-refractivity contribution in [1.29, 1.82) is 0 Å². The first-order valence-electron chi connectivity index (χ1n) is 2.76. The zero-order valence-corrected chi connectivity index (χ0v) is 8.09. The van der Waals surface area contributed by atoms with E-state index in [-0.39, 0.29) is 30.0 Å². The number of nitrogens with zero attached hydrogens (tertiary/aromatic N) is 1. The van der Waals surface area contributed by atoms with Crippen LogP contribution in [0.2, 0.25) is 0 Å². The number of hydrogen-bond donors (Lipinski definition) is 1. The van der Waals surface area contributed by atoms with E-state index < -0.39 is 0 Å². The van der Waals surface area contributed by atoms with Gasteiger partial charge in [-0.2, -0.15) is 0 Å². The molecule has 3 nitrogen and oxygen atoms in total. The summed E-state index contributed by atoms with van der Waals surface area (Å²) in [6.45, 7) is 5.19. The van der Waals surface area contributed by atoms with Crippen LogP contribution in [0.5, 0.6) is 0 Å². The first-order chi connectivity index (χ1) is 3.72. The second kappa shape index (κ2) is 6.12. The molecule has 2 N–H and O–H groups in total. The van der Waals surface area contributed by atoms with E-state index in [1.165, 1.54) is 0 Å². The zero-order valence-electron chi connectivity index (χ0n) is 5.76. The molecule has 4 heteroatoms. The van der Waals surface area contributed by atoms with Crippen LogP contribution in [0.1, 0.15) is 13.8 Å². The average Bonchev–Trinajstić information content (AvgIpc) is 1.69. The maximum Gasteiger partial charge on any atom is 0.314 e. The van der Waals surface area contributed by atoms with Gasteiger partial charge in [-0.1, -0.05) is 0 Å². The molecule has 0 spiro atoms. The highest BCUT2D eigenvalue weighted by molar-refractivity contribution is 14.0. The molecule has 0 aliphatic heterocycles. The van der Waals surface area contributed by atoms with Gasteiger partial charge in [-0.3, -0.25) is 0 Å². The minimum absolute atomic E-state index is 0. The van der Waals surface area contributed by atoms with Crippen molar-refractivity contribution < 1.29 is 4.79 Å². The van der Waals surface area contributed by atoms with E-state index in [0.29, 0.717) is 13.1 Å². The van der Waals surface area contributed by atoms with Crippen LogP contribution >= 0.6 is 24.0 Å². The fraction of sp³-hybridized carbons (Fsp3) is 0.800. The standard InChI is InChI=1S/C5H12N2O.HI/c1-3-7(4-2)5(6)8;/h3-4H2,1-2H3,(H2,6,8);1H. The summed E-state index contributed by atoms with van der Waals surface area (Å²) in [4.78, 5) is 11.9. The van der Waals surface area contributed by atoms with Gasteiger partial charge in [0.15, 0.2) is 0 Å². The fourth-order valence-corrected chi connectivity index (χ4v) is 0.535. The van der Waals surface area contributed by atoms with Crippen molar-refractivity contribution in [2.45, 2.75) is 13.8 Å². The molecule has 2 amide bonds. The molecule has 0 saturated heterocycles. The Bertz CT molecular complexity index is 83.0. The number of amides is 2. The van der Waals surface area contributed by atoms with Crippen molar-refractivity contribution in [3.8, 4) is 0 Å². The maximum atomic E-state index is 10.3. The number of rotatable bonds is 2. The second-order valence-corrected chi connectivity index (χ2v) is 1.51. The fourth-order valence-electron chi connectivity index (χ4n) is 0.535. The highest BCUT2D eigenvalue weighted by Gasteiger charge is 2.00. The smallest absolute Gasteiger partial charge is 0.314 e. The molecule has 0 heterocycles. The van der Waals surface area contributed by atoms with Crippen LogP contribution in [0, 0.1) is 0 Å². The summed E-state index contributed by atoms with van der Waals surface area (Å²) in [7, 11) is 0. The molecule has 0 aromatic rings. The number of urea groups is 1. The summed E-state index contributed by atoms with van der Waals surface area (Å²) in [6, 6.07) is -0.338. The summed E-state index contributed by atoms with van der Waals surface area (Å²) < 4.78 is 0. The molecule has 0 atom stereocenters. The van der Waals surface area contributed by atoms with E-state index in [4.69, 9.17) is 5.73 Å². The van der Waals surface area contributed by atoms with Gasteiger partial charge < -0.3 is 10.6 Å². The minimum Gasteiger partial charge on any atom is -0.351 e. The number of nitrogens with two attached hydrogens (primary N) is 1. The highest BCUT2D eigenvalue weighted by Crippen LogP contribution is 1.82. The highest BCUT2D eigenvalue weighted by atomic mass is 127. The van der Waals surface area contributed by atoms with Gasteiger partial charge in [-0.05, 0) is 13.8 Å². The van der Waals surface area contributed by atoms with Gasteiger partial charge >= 0.3 is 6.03 Å². The van der Waals surface area contributed by atoms with Crippen LogP contribution in [0.3, 0.4) is 0 Å². The average molecular weight is 244 g/mol. The summed E-state index contributed by atoms with van der Waals surface area (Å²) in [5, 5.41) is 0. The summed E-state index contributed by atoms with van der Waals surface area (Å²) in [5.41, 5.74) is 4.94. The maximum absolute atomic E-state index is 10.3. The quantitative estimate of drug-likeness (QED) is 0.724. The Morgan fingerprint density at radius 1 is 1.44 bits per heavy atom. The SMILES string of the molecule is CCN(CC)C(N)=O.I. The Hall–Kier alpha value is 0. The van der Waals surface area contributed by atoms with E-state index in [0.717, 1.165) is 0 Å². The molecule has 0 radical (unpaired) electrons. The second-order valence-electron chi connectivity index (χ2n) is 1.51. The number of primary amides is 1. The molecule has 0 rings (SSSR count). The Kier molecular flexibility index (Phi) is 8.00. The number of carbonyl (C=O) groups excluding carboxylic acids is 1. The van der Waals surface area contributed by atoms with Crippen molar-refractivity contribution in [2.75, 3.05) is 13.1 Å². The van der Waals surface area contributed by atoms with Crippen molar-refractivity contribution in [3.63, 3.8) is 0 Å². The lowest BCUT2D eigenvalue weighted by Crippen LogP contribution is -2.35. The van der Waals surface area contributed by atoms with Gasteiger partial charge in [-0.15, -0.1) is 24.0 Å². The number of halogens is 1. The van der Waals surface area contributed by atoms with E-state index in [2.05, 4.69) is 0 Å². The lowest BCUT2D eigenvalue weighted by molar-refractivity contribution is 0.213. The van der Waals surface area contributed by atoms with Crippen molar-refractivity contribution >= 4 is 30.0 Å². The van der Waals surface area contributed by atoms with Gasteiger partial charge in [0.05, 0.1) is 0 Å². The summed E-state index contributed by atoms with van der Waals surface area (Å²) in [5.74, 6) is 0. The molecule has 0 fully saturated rings. The molecule has 56 valence electrons. The van der Waals surface area contributed by atoms with Crippen molar-refractivity contribution in [2.24, 2.45) is 5.73 Å². The van der Waals surface area contributed by atoms with E-state index in [1.807, 2.05) is 13.8 Å². The van der Waals surface area contributed by atoms with E-state index >= 15 is 0 Å². The molecule has 0 aliphatic rings. The Balaban J connectivity index is 0. The summed E-state index contributed by atoms with van der Waals surface area (Å²) in [6.07, 6.45) is 0. The molecule has 0 aliphatic carbocycles. The zero-order chi connectivity index (χ0) is 6.57. The van der Waals surface area contributed by atoms with Gasteiger partial charge in [0.25, 0.3) is 0 Å². The van der Waals surface area contributed by atoms with Crippen LogP contribution in [0.15, 0.2) is 0 Å². The topological polar surface area (TPSA) is 46.3 Å². The Morgan fingerprint density at radius 2 is 1.78 bits per heavy atom. The molecule has 0 aromatic carbocycles. The monoisotopic (exact) mass is 244 g/mol. The van der Waals surface area contributed by atoms with Crippen molar-refractivity contribution in [1.82, 2.24) is 4.90 Å². The third kappa shape index (κ3) is 4.50.